The number of benzene rings is 3. The molecule has 0 aliphatic carbocycles. The average molecular weight is 381 g/mol. The van der Waals surface area contributed by atoms with E-state index in [-0.39, 0.29) is 25.3 Å². The standard InChI is InChI=1S/C22H23NO5/c24-19-9-8-16-12-18(7-6-17(16)13-19)21(26)20(25)10-11-23-22(27)28-14-15-4-2-1-3-5-15/h1-9,12-13,20-21,24-26H,10-11,14H2,(H,23,27). The van der Waals surface area contributed by atoms with Gasteiger partial charge in [0.25, 0.3) is 0 Å². The van der Waals surface area contributed by atoms with E-state index in [0.717, 1.165) is 16.3 Å². The van der Waals surface area contributed by atoms with Crippen LogP contribution < -0.4 is 5.32 Å². The van der Waals surface area contributed by atoms with E-state index >= 15 is 0 Å². The number of ether oxygens (including phenoxy) is 1. The normalized spacial score (nSPS) is 13.1. The summed E-state index contributed by atoms with van der Waals surface area (Å²) in [4.78, 5) is 11.7. The lowest BCUT2D eigenvalue weighted by Gasteiger charge is -2.19. The predicted molar refractivity (Wildman–Crippen MR) is 106 cm³/mol. The third kappa shape index (κ3) is 5.22. The molecule has 1 amide bonds. The van der Waals surface area contributed by atoms with Gasteiger partial charge in [-0.05, 0) is 46.5 Å². The van der Waals surface area contributed by atoms with E-state index in [1.54, 1.807) is 36.4 Å². The van der Waals surface area contributed by atoms with Crippen molar-refractivity contribution in [2.24, 2.45) is 0 Å². The fourth-order valence-electron chi connectivity index (χ4n) is 2.91. The first-order valence-electron chi connectivity index (χ1n) is 9.06. The molecule has 0 saturated heterocycles. The Morgan fingerprint density at radius 1 is 0.964 bits per heavy atom. The van der Waals surface area contributed by atoms with E-state index in [1.807, 2.05) is 30.3 Å². The smallest absolute Gasteiger partial charge is 0.407 e. The summed E-state index contributed by atoms with van der Waals surface area (Å²) in [6, 6.07) is 19.5. The Bertz CT molecular complexity index is 929. The maximum absolute atomic E-state index is 11.7. The molecule has 28 heavy (non-hydrogen) atoms. The van der Waals surface area contributed by atoms with Crippen LogP contribution in [0, 0.1) is 0 Å². The molecule has 0 saturated carbocycles. The number of hydrogen-bond donors (Lipinski definition) is 4. The van der Waals surface area contributed by atoms with Gasteiger partial charge in [-0.3, -0.25) is 0 Å². The van der Waals surface area contributed by atoms with Gasteiger partial charge in [0.2, 0.25) is 0 Å². The molecule has 0 aromatic heterocycles. The van der Waals surface area contributed by atoms with E-state index in [4.69, 9.17) is 4.74 Å². The molecule has 3 aromatic carbocycles. The van der Waals surface area contributed by atoms with Crippen molar-refractivity contribution in [1.82, 2.24) is 5.32 Å². The van der Waals surface area contributed by atoms with E-state index < -0.39 is 18.3 Å². The number of amides is 1. The van der Waals surface area contributed by atoms with E-state index in [0.29, 0.717) is 5.56 Å². The summed E-state index contributed by atoms with van der Waals surface area (Å²) in [6.45, 7) is 0.345. The summed E-state index contributed by atoms with van der Waals surface area (Å²) < 4.78 is 5.10. The van der Waals surface area contributed by atoms with Crippen molar-refractivity contribution < 1.29 is 24.9 Å². The molecule has 0 spiro atoms. The van der Waals surface area contributed by atoms with Gasteiger partial charge in [-0.25, -0.2) is 4.79 Å². The molecule has 3 rings (SSSR count). The Morgan fingerprint density at radius 2 is 1.68 bits per heavy atom. The highest BCUT2D eigenvalue weighted by atomic mass is 16.5. The van der Waals surface area contributed by atoms with Crippen LogP contribution in [0.1, 0.15) is 23.7 Å². The Hall–Kier alpha value is -3.09. The zero-order valence-electron chi connectivity index (χ0n) is 15.3. The zero-order valence-corrected chi connectivity index (χ0v) is 15.3. The number of hydrogen-bond acceptors (Lipinski definition) is 5. The Kier molecular flexibility index (Phi) is 6.47. The minimum absolute atomic E-state index is 0.171. The SMILES string of the molecule is O=C(NCCC(O)C(O)c1ccc2cc(O)ccc2c1)OCc1ccccc1. The third-order valence-corrected chi connectivity index (χ3v) is 4.48. The highest BCUT2D eigenvalue weighted by Crippen LogP contribution is 2.25. The van der Waals surface area contributed by atoms with Gasteiger partial charge in [-0.1, -0.05) is 48.5 Å². The van der Waals surface area contributed by atoms with Crippen LogP contribution in [0.5, 0.6) is 5.75 Å². The molecule has 3 aromatic rings. The second-order valence-electron chi connectivity index (χ2n) is 6.58. The lowest BCUT2D eigenvalue weighted by molar-refractivity contribution is 0.0137. The molecule has 6 heteroatoms. The van der Waals surface area contributed by atoms with E-state index in [9.17, 15) is 20.1 Å². The van der Waals surface area contributed by atoms with Gasteiger partial charge in [-0.15, -0.1) is 0 Å². The van der Waals surface area contributed by atoms with Crippen LogP contribution in [-0.4, -0.2) is 34.1 Å². The Labute approximate surface area is 163 Å². The lowest BCUT2D eigenvalue weighted by Crippen LogP contribution is -2.29. The number of nitrogens with one attached hydrogen (secondary N) is 1. The van der Waals surface area contributed by atoms with Crippen LogP contribution in [0.25, 0.3) is 10.8 Å². The van der Waals surface area contributed by atoms with Crippen LogP contribution in [-0.2, 0) is 11.3 Å². The summed E-state index contributed by atoms with van der Waals surface area (Å²) in [6.07, 6.45) is -2.52. The van der Waals surface area contributed by atoms with Gasteiger partial charge in [0, 0.05) is 6.54 Å². The fraction of sp³-hybridized carbons (Fsp3) is 0.227. The molecule has 2 atom stereocenters. The molecule has 0 fully saturated rings. The van der Waals surface area contributed by atoms with Gasteiger partial charge < -0.3 is 25.4 Å². The van der Waals surface area contributed by atoms with Crippen molar-refractivity contribution in [2.75, 3.05) is 6.54 Å². The first-order valence-corrected chi connectivity index (χ1v) is 9.06. The van der Waals surface area contributed by atoms with Crippen molar-refractivity contribution >= 4 is 16.9 Å². The largest absolute Gasteiger partial charge is 0.508 e. The molecule has 0 heterocycles. The van der Waals surface area contributed by atoms with Gasteiger partial charge in [0.05, 0.1) is 6.10 Å². The number of aliphatic hydroxyl groups is 2. The van der Waals surface area contributed by atoms with Gasteiger partial charge in [-0.2, -0.15) is 0 Å². The van der Waals surface area contributed by atoms with Gasteiger partial charge in [0.15, 0.2) is 0 Å². The molecule has 2 unspecified atom stereocenters. The van der Waals surface area contributed by atoms with Gasteiger partial charge in [0.1, 0.15) is 18.5 Å². The summed E-state index contributed by atoms with van der Waals surface area (Å²) >= 11 is 0. The summed E-state index contributed by atoms with van der Waals surface area (Å²) in [5.41, 5.74) is 1.45. The van der Waals surface area contributed by atoms with Crippen LogP contribution in [0.4, 0.5) is 4.79 Å². The topological polar surface area (TPSA) is 99.0 Å². The number of aromatic hydroxyl groups is 1. The van der Waals surface area contributed by atoms with Crippen molar-refractivity contribution in [3.63, 3.8) is 0 Å². The Morgan fingerprint density at radius 3 is 2.46 bits per heavy atom. The van der Waals surface area contributed by atoms with Crippen molar-refractivity contribution in [3.8, 4) is 5.75 Å². The maximum Gasteiger partial charge on any atom is 0.407 e. The molecule has 4 N–H and O–H groups in total. The van der Waals surface area contributed by atoms with E-state index in [2.05, 4.69) is 5.32 Å². The van der Waals surface area contributed by atoms with Crippen molar-refractivity contribution in [2.45, 2.75) is 25.2 Å². The highest BCUT2D eigenvalue weighted by Gasteiger charge is 2.19. The molecule has 0 aliphatic rings. The lowest BCUT2D eigenvalue weighted by atomic mass is 9.99. The Balaban J connectivity index is 1.47. The number of phenols is 1. The van der Waals surface area contributed by atoms with Crippen LogP contribution >= 0.6 is 0 Å². The average Bonchev–Trinajstić information content (AvgIpc) is 2.72. The van der Waals surface area contributed by atoms with Crippen LogP contribution in [0.3, 0.4) is 0 Å². The number of carbonyl (C=O) groups excluding carboxylic acids is 1. The summed E-state index contributed by atoms with van der Waals surface area (Å²) in [5.74, 6) is 0.172. The molecule has 0 radical (unpaired) electrons. The maximum atomic E-state index is 11.7. The molecule has 146 valence electrons. The number of alkyl carbamates (subject to hydrolysis) is 1. The highest BCUT2D eigenvalue weighted by molar-refractivity contribution is 5.84. The first kappa shape index (κ1) is 19.7. The summed E-state index contributed by atoms with van der Waals surface area (Å²) in [7, 11) is 0. The second-order valence-corrected chi connectivity index (χ2v) is 6.58. The minimum Gasteiger partial charge on any atom is -0.508 e. The first-order chi connectivity index (χ1) is 13.5. The molecule has 0 bridgehead atoms. The third-order valence-electron chi connectivity index (χ3n) is 4.48. The van der Waals surface area contributed by atoms with E-state index in [1.165, 1.54) is 0 Å². The number of aliphatic hydroxyl groups excluding tert-OH is 2. The van der Waals surface area contributed by atoms with Crippen LogP contribution in [0.15, 0.2) is 66.7 Å². The number of phenolic OH excluding ortho intramolecular Hbond substituents is 1. The minimum atomic E-state index is -1.08. The number of carbonyl (C=O) groups is 1. The predicted octanol–water partition coefficient (Wildman–Crippen LogP) is 3.26. The van der Waals surface area contributed by atoms with Crippen LogP contribution in [0.2, 0.25) is 0 Å². The molecule has 6 nitrogen and oxygen atoms in total. The van der Waals surface area contributed by atoms with Gasteiger partial charge >= 0.3 is 6.09 Å². The monoisotopic (exact) mass is 381 g/mol. The number of rotatable bonds is 7. The summed E-state index contributed by atoms with van der Waals surface area (Å²) in [5, 5.41) is 34.4. The van der Waals surface area contributed by atoms with Crippen molar-refractivity contribution in [1.29, 1.82) is 0 Å². The molecular weight excluding hydrogens is 358 g/mol. The fourth-order valence-corrected chi connectivity index (χ4v) is 2.91. The number of fused-ring (bicyclic) bond motifs is 1. The quantitative estimate of drug-likeness (QED) is 0.503. The molecule has 0 aliphatic heterocycles. The second kappa shape index (κ2) is 9.21. The molecular formula is C22H23NO5. The zero-order chi connectivity index (χ0) is 19.9. The van der Waals surface area contributed by atoms with Crippen molar-refractivity contribution in [3.05, 3.63) is 77.9 Å².